The molecule has 4 rings (SSSR count). The molecular weight excluding hydrogens is 348 g/mol. The molecule has 0 spiro atoms. The SMILES string of the molecule is Cc1ccc2nc(Cl)c([C@@H]3C(C#N)=C(N)Oc4cc(N)ccc43)cc2c1. The Bertz CT molecular complexity index is 1130. The van der Waals surface area contributed by atoms with Crippen LogP contribution in [0.5, 0.6) is 5.75 Å². The Morgan fingerprint density at radius 3 is 2.69 bits per heavy atom. The molecule has 1 aromatic heterocycles. The number of nitrogens with two attached hydrogens (primary N) is 2. The molecule has 4 N–H and O–H groups in total. The second-order valence-electron chi connectivity index (χ2n) is 6.29. The minimum absolute atomic E-state index is 0.0519. The zero-order chi connectivity index (χ0) is 18.4. The number of anilines is 1. The topological polar surface area (TPSA) is 98.0 Å². The van der Waals surface area contributed by atoms with Gasteiger partial charge in [-0.2, -0.15) is 5.26 Å². The van der Waals surface area contributed by atoms with Gasteiger partial charge in [0.15, 0.2) is 0 Å². The smallest absolute Gasteiger partial charge is 0.205 e. The van der Waals surface area contributed by atoms with Gasteiger partial charge in [-0.1, -0.05) is 29.3 Å². The fourth-order valence-electron chi connectivity index (χ4n) is 3.28. The number of halogens is 1. The van der Waals surface area contributed by atoms with Crippen molar-refractivity contribution in [2.24, 2.45) is 5.73 Å². The lowest BCUT2D eigenvalue weighted by Crippen LogP contribution is -2.21. The second-order valence-corrected chi connectivity index (χ2v) is 6.64. The van der Waals surface area contributed by atoms with E-state index in [-0.39, 0.29) is 5.88 Å². The Hall–Kier alpha value is -3.23. The monoisotopic (exact) mass is 362 g/mol. The van der Waals surface area contributed by atoms with Gasteiger partial charge in [-0.05, 0) is 31.2 Å². The molecule has 2 heterocycles. The second kappa shape index (κ2) is 5.94. The fourth-order valence-corrected chi connectivity index (χ4v) is 3.54. The molecule has 1 aliphatic heterocycles. The number of fused-ring (bicyclic) bond motifs is 2. The van der Waals surface area contributed by atoms with E-state index in [0.29, 0.717) is 27.7 Å². The van der Waals surface area contributed by atoms with Crippen LogP contribution in [0.4, 0.5) is 5.69 Å². The summed E-state index contributed by atoms with van der Waals surface area (Å²) >= 11 is 6.49. The van der Waals surface area contributed by atoms with E-state index < -0.39 is 5.92 Å². The van der Waals surface area contributed by atoms with Crippen LogP contribution in [0, 0.1) is 18.3 Å². The summed E-state index contributed by atoms with van der Waals surface area (Å²) in [6.07, 6.45) is 0. The number of nitriles is 1. The van der Waals surface area contributed by atoms with Crippen LogP contribution in [0.25, 0.3) is 10.9 Å². The first-order valence-electron chi connectivity index (χ1n) is 8.01. The number of nitrogen functional groups attached to an aromatic ring is 1. The lowest BCUT2D eigenvalue weighted by Gasteiger charge is -2.27. The highest BCUT2D eigenvalue weighted by Crippen LogP contribution is 2.44. The van der Waals surface area contributed by atoms with Crippen molar-refractivity contribution < 1.29 is 4.74 Å². The van der Waals surface area contributed by atoms with Gasteiger partial charge in [-0.15, -0.1) is 0 Å². The van der Waals surface area contributed by atoms with E-state index in [1.165, 1.54) is 0 Å². The zero-order valence-electron chi connectivity index (χ0n) is 14.0. The van der Waals surface area contributed by atoms with Crippen LogP contribution in [-0.4, -0.2) is 4.98 Å². The molecule has 0 saturated heterocycles. The van der Waals surface area contributed by atoms with Crippen molar-refractivity contribution in [2.45, 2.75) is 12.8 Å². The van der Waals surface area contributed by atoms with E-state index in [4.69, 9.17) is 27.8 Å². The maximum absolute atomic E-state index is 9.67. The van der Waals surface area contributed by atoms with E-state index >= 15 is 0 Å². The number of aromatic nitrogens is 1. The third-order valence-corrected chi connectivity index (χ3v) is 4.81. The lowest BCUT2D eigenvalue weighted by atomic mass is 9.83. The Morgan fingerprint density at radius 1 is 1.12 bits per heavy atom. The van der Waals surface area contributed by atoms with Crippen molar-refractivity contribution in [3.8, 4) is 11.8 Å². The average Bonchev–Trinajstić information content (AvgIpc) is 2.60. The first-order chi connectivity index (χ1) is 12.5. The highest BCUT2D eigenvalue weighted by Gasteiger charge is 2.32. The van der Waals surface area contributed by atoms with Gasteiger partial charge < -0.3 is 16.2 Å². The molecule has 0 saturated carbocycles. The molecule has 1 atom stereocenters. The van der Waals surface area contributed by atoms with Crippen molar-refractivity contribution in [2.75, 3.05) is 5.73 Å². The molecule has 1 aliphatic rings. The van der Waals surface area contributed by atoms with Gasteiger partial charge in [-0.25, -0.2) is 4.98 Å². The van der Waals surface area contributed by atoms with E-state index in [2.05, 4.69) is 11.1 Å². The number of hydrogen-bond acceptors (Lipinski definition) is 5. The average molecular weight is 363 g/mol. The third kappa shape index (κ3) is 2.52. The Kier molecular flexibility index (Phi) is 3.71. The largest absolute Gasteiger partial charge is 0.440 e. The van der Waals surface area contributed by atoms with Crippen LogP contribution in [0.3, 0.4) is 0 Å². The predicted molar refractivity (Wildman–Crippen MR) is 102 cm³/mol. The molecule has 26 heavy (non-hydrogen) atoms. The molecule has 2 aromatic carbocycles. The van der Waals surface area contributed by atoms with E-state index in [0.717, 1.165) is 22.0 Å². The van der Waals surface area contributed by atoms with Gasteiger partial charge in [0, 0.05) is 28.3 Å². The van der Waals surface area contributed by atoms with Crippen LogP contribution in [0.1, 0.15) is 22.6 Å². The third-order valence-electron chi connectivity index (χ3n) is 4.50. The van der Waals surface area contributed by atoms with E-state index in [1.54, 1.807) is 12.1 Å². The van der Waals surface area contributed by atoms with Crippen LogP contribution in [0.15, 0.2) is 53.9 Å². The van der Waals surface area contributed by atoms with Gasteiger partial charge >= 0.3 is 0 Å². The van der Waals surface area contributed by atoms with Gasteiger partial charge in [0.25, 0.3) is 0 Å². The number of hydrogen-bond donors (Lipinski definition) is 2. The summed E-state index contributed by atoms with van der Waals surface area (Å²) in [4.78, 5) is 4.50. The summed E-state index contributed by atoms with van der Waals surface area (Å²) in [5.41, 5.74) is 16.1. The molecule has 0 bridgehead atoms. The number of benzene rings is 2. The quantitative estimate of drug-likeness (QED) is 0.503. The summed E-state index contributed by atoms with van der Waals surface area (Å²) in [5, 5.41) is 10.9. The number of nitrogens with zero attached hydrogens (tertiary/aromatic N) is 2. The molecule has 5 nitrogen and oxygen atoms in total. The van der Waals surface area contributed by atoms with Crippen LogP contribution >= 0.6 is 11.6 Å². The summed E-state index contributed by atoms with van der Waals surface area (Å²) in [7, 11) is 0. The van der Waals surface area contributed by atoms with Crippen LogP contribution in [0.2, 0.25) is 5.15 Å². The van der Waals surface area contributed by atoms with Crippen molar-refractivity contribution in [1.29, 1.82) is 5.26 Å². The van der Waals surface area contributed by atoms with E-state index in [1.807, 2.05) is 37.3 Å². The first-order valence-corrected chi connectivity index (χ1v) is 8.39. The number of ether oxygens (including phenoxy) is 1. The zero-order valence-corrected chi connectivity index (χ0v) is 14.7. The molecule has 6 heteroatoms. The van der Waals surface area contributed by atoms with Crippen LogP contribution in [-0.2, 0) is 0 Å². The maximum Gasteiger partial charge on any atom is 0.205 e. The van der Waals surface area contributed by atoms with E-state index in [9.17, 15) is 5.26 Å². The molecule has 128 valence electrons. The molecule has 0 aliphatic carbocycles. The molecule has 0 radical (unpaired) electrons. The number of pyridine rings is 1. The standard InChI is InChI=1S/C20H15ClN4O/c1-10-2-5-16-11(6-10)7-14(19(21)25-16)18-13-4-3-12(23)8-17(13)26-20(24)15(18)9-22/h2-8,18H,23-24H2,1H3/t18-/m1/s1. The highest BCUT2D eigenvalue weighted by atomic mass is 35.5. The van der Waals surface area contributed by atoms with Crippen molar-refractivity contribution >= 4 is 28.2 Å². The summed E-state index contributed by atoms with van der Waals surface area (Å²) < 4.78 is 5.61. The molecule has 0 fully saturated rings. The summed E-state index contributed by atoms with van der Waals surface area (Å²) in [6, 6.07) is 15.3. The minimum Gasteiger partial charge on any atom is -0.440 e. The number of aryl methyl sites for hydroxylation is 1. The first kappa shape index (κ1) is 16.2. The highest BCUT2D eigenvalue weighted by molar-refractivity contribution is 6.30. The Labute approximate surface area is 155 Å². The van der Waals surface area contributed by atoms with Gasteiger partial charge in [-0.3, -0.25) is 0 Å². The van der Waals surface area contributed by atoms with Crippen molar-refractivity contribution in [3.63, 3.8) is 0 Å². The van der Waals surface area contributed by atoms with Gasteiger partial charge in [0.1, 0.15) is 22.5 Å². The lowest BCUT2D eigenvalue weighted by molar-refractivity contribution is 0.394. The normalized spacial score (nSPS) is 16.1. The Morgan fingerprint density at radius 2 is 1.92 bits per heavy atom. The molecule has 0 unspecified atom stereocenters. The van der Waals surface area contributed by atoms with Crippen molar-refractivity contribution in [3.05, 3.63) is 75.8 Å². The van der Waals surface area contributed by atoms with Crippen molar-refractivity contribution in [1.82, 2.24) is 4.98 Å². The fraction of sp³-hybridized carbons (Fsp3) is 0.100. The molecule has 3 aromatic rings. The van der Waals surface area contributed by atoms with Gasteiger partial charge in [0.05, 0.1) is 11.4 Å². The predicted octanol–water partition coefficient (Wildman–Crippen LogP) is 4.00. The number of allylic oxidation sites excluding steroid dienone is 1. The number of rotatable bonds is 1. The summed E-state index contributed by atoms with van der Waals surface area (Å²) in [5.74, 6) is 0.108. The van der Waals surface area contributed by atoms with Gasteiger partial charge in [0.2, 0.25) is 5.88 Å². The maximum atomic E-state index is 9.67. The Balaban J connectivity index is 2.00. The molecule has 0 amide bonds. The minimum atomic E-state index is -0.464. The van der Waals surface area contributed by atoms with Crippen LogP contribution < -0.4 is 16.2 Å². The molecular formula is C20H15ClN4O. The summed E-state index contributed by atoms with van der Waals surface area (Å²) in [6.45, 7) is 2.01.